The molecule has 0 aromatic heterocycles. The van der Waals surface area contributed by atoms with Gasteiger partial charge in [-0.25, -0.2) is 5.01 Å². The van der Waals surface area contributed by atoms with Gasteiger partial charge in [0.2, 0.25) is 11.8 Å². The summed E-state index contributed by atoms with van der Waals surface area (Å²) in [6, 6.07) is 16.8. The SMILES string of the molecule is Cl.NCCOc1ccc(NC(=O)CCC(=O)N2CCC(c3ccccc3)=N2)cc1. The van der Waals surface area contributed by atoms with Crippen molar-refractivity contribution < 1.29 is 14.3 Å². The molecule has 8 heteroatoms. The van der Waals surface area contributed by atoms with E-state index in [2.05, 4.69) is 10.4 Å². The van der Waals surface area contributed by atoms with Crippen molar-refractivity contribution in [2.75, 3.05) is 25.0 Å². The molecule has 3 rings (SSSR count). The van der Waals surface area contributed by atoms with E-state index in [0.29, 0.717) is 31.1 Å². The van der Waals surface area contributed by atoms with Gasteiger partial charge in [-0.3, -0.25) is 9.59 Å². The van der Waals surface area contributed by atoms with Crippen molar-refractivity contribution in [2.24, 2.45) is 10.8 Å². The zero-order valence-electron chi connectivity index (χ0n) is 16.0. The van der Waals surface area contributed by atoms with E-state index < -0.39 is 0 Å². The van der Waals surface area contributed by atoms with Crippen LogP contribution < -0.4 is 15.8 Å². The first kappa shape index (κ1) is 22.4. The Morgan fingerprint density at radius 2 is 1.79 bits per heavy atom. The lowest BCUT2D eigenvalue weighted by atomic mass is 10.1. The molecule has 2 aromatic carbocycles. The smallest absolute Gasteiger partial charge is 0.243 e. The molecule has 1 heterocycles. The molecule has 0 unspecified atom stereocenters. The lowest BCUT2D eigenvalue weighted by Gasteiger charge is -2.11. The molecule has 0 saturated carbocycles. The van der Waals surface area contributed by atoms with Crippen molar-refractivity contribution in [3.63, 3.8) is 0 Å². The van der Waals surface area contributed by atoms with Crippen molar-refractivity contribution in [3.8, 4) is 5.75 Å². The fourth-order valence-electron chi connectivity index (χ4n) is 2.85. The van der Waals surface area contributed by atoms with Crippen LogP contribution >= 0.6 is 12.4 Å². The van der Waals surface area contributed by atoms with E-state index in [1.165, 1.54) is 5.01 Å². The van der Waals surface area contributed by atoms with Gasteiger partial charge in [-0.1, -0.05) is 30.3 Å². The average molecular weight is 417 g/mol. The molecule has 0 bridgehead atoms. The standard InChI is InChI=1S/C21H24N4O3.ClH/c22-13-15-28-18-8-6-17(7-9-18)23-20(26)10-11-21(27)25-14-12-19(24-25)16-4-2-1-3-5-16;/h1-9H,10-15,22H2,(H,23,26);1H. The first-order valence-electron chi connectivity index (χ1n) is 9.32. The highest BCUT2D eigenvalue weighted by Gasteiger charge is 2.21. The van der Waals surface area contributed by atoms with Crippen LogP contribution in [0.2, 0.25) is 0 Å². The van der Waals surface area contributed by atoms with Crippen LogP contribution in [0, 0.1) is 0 Å². The second kappa shape index (κ2) is 11.2. The van der Waals surface area contributed by atoms with Gasteiger partial charge in [0.05, 0.1) is 12.3 Å². The van der Waals surface area contributed by atoms with E-state index in [4.69, 9.17) is 10.5 Å². The molecule has 7 nitrogen and oxygen atoms in total. The summed E-state index contributed by atoms with van der Waals surface area (Å²) in [6.07, 6.45) is 0.951. The van der Waals surface area contributed by atoms with Gasteiger partial charge in [0.25, 0.3) is 0 Å². The molecule has 0 saturated heterocycles. The molecule has 154 valence electrons. The number of anilines is 1. The van der Waals surface area contributed by atoms with Gasteiger partial charge >= 0.3 is 0 Å². The number of rotatable bonds is 8. The molecule has 1 aliphatic rings. The largest absolute Gasteiger partial charge is 0.492 e. The molecule has 0 spiro atoms. The number of ether oxygens (including phenoxy) is 1. The Bertz CT molecular complexity index is 841. The number of halogens is 1. The number of nitrogens with two attached hydrogens (primary N) is 1. The number of nitrogens with zero attached hydrogens (tertiary/aromatic N) is 2. The predicted octanol–water partition coefficient (Wildman–Crippen LogP) is 2.80. The summed E-state index contributed by atoms with van der Waals surface area (Å²) in [5.41, 5.74) is 7.97. The summed E-state index contributed by atoms with van der Waals surface area (Å²) in [4.78, 5) is 24.4. The van der Waals surface area contributed by atoms with Crippen molar-refractivity contribution in [2.45, 2.75) is 19.3 Å². The second-order valence-corrected chi connectivity index (χ2v) is 6.39. The van der Waals surface area contributed by atoms with Gasteiger partial charge in [-0.15, -0.1) is 12.4 Å². The molecule has 1 aliphatic heterocycles. The van der Waals surface area contributed by atoms with Crippen LogP contribution in [0.25, 0.3) is 0 Å². The van der Waals surface area contributed by atoms with Crippen molar-refractivity contribution >= 4 is 35.6 Å². The number of hydrogen-bond acceptors (Lipinski definition) is 5. The van der Waals surface area contributed by atoms with Gasteiger partial charge < -0.3 is 15.8 Å². The summed E-state index contributed by atoms with van der Waals surface area (Å²) >= 11 is 0. The molecule has 0 aliphatic carbocycles. The number of carbonyl (C=O) groups is 2. The lowest BCUT2D eigenvalue weighted by Crippen LogP contribution is -2.24. The fourth-order valence-corrected chi connectivity index (χ4v) is 2.85. The summed E-state index contributed by atoms with van der Waals surface area (Å²) in [5.74, 6) is 0.335. The summed E-state index contributed by atoms with van der Waals surface area (Å²) in [6.45, 7) is 1.44. The Labute approximate surface area is 176 Å². The van der Waals surface area contributed by atoms with Crippen LogP contribution in [-0.4, -0.2) is 42.2 Å². The molecule has 0 atom stereocenters. The molecule has 3 N–H and O–H groups in total. The van der Waals surface area contributed by atoms with Gasteiger partial charge in [-0.05, 0) is 29.8 Å². The Morgan fingerprint density at radius 1 is 1.07 bits per heavy atom. The fraction of sp³-hybridized carbons (Fsp3) is 0.286. The van der Waals surface area contributed by atoms with Crippen LogP contribution in [0.5, 0.6) is 5.75 Å². The number of hydrogen-bond donors (Lipinski definition) is 2. The topological polar surface area (TPSA) is 97.0 Å². The molecular formula is C21H25ClN4O3. The van der Waals surface area contributed by atoms with Crippen molar-refractivity contribution in [1.82, 2.24) is 5.01 Å². The third kappa shape index (κ3) is 6.58. The normalized spacial score (nSPS) is 12.7. The second-order valence-electron chi connectivity index (χ2n) is 6.39. The minimum Gasteiger partial charge on any atom is -0.492 e. The minimum absolute atomic E-state index is 0. The van der Waals surface area contributed by atoms with Gasteiger partial charge in [0.15, 0.2) is 0 Å². The van der Waals surface area contributed by atoms with Crippen LogP contribution in [0.15, 0.2) is 59.7 Å². The van der Waals surface area contributed by atoms with Crippen LogP contribution in [-0.2, 0) is 9.59 Å². The van der Waals surface area contributed by atoms with E-state index in [1.54, 1.807) is 24.3 Å². The number of hydrazone groups is 1. The van der Waals surface area contributed by atoms with Gasteiger partial charge in [0.1, 0.15) is 12.4 Å². The van der Waals surface area contributed by atoms with E-state index >= 15 is 0 Å². The first-order valence-corrected chi connectivity index (χ1v) is 9.32. The first-order chi connectivity index (χ1) is 13.7. The maximum Gasteiger partial charge on any atom is 0.243 e. The summed E-state index contributed by atoms with van der Waals surface area (Å²) in [7, 11) is 0. The average Bonchev–Trinajstić information content (AvgIpc) is 3.22. The van der Waals surface area contributed by atoms with Crippen LogP contribution in [0.4, 0.5) is 5.69 Å². The summed E-state index contributed by atoms with van der Waals surface area (Å²) < 4.78 is 5.39. The maximum atomic E-state index is 12.3. The predicted molar refractivity (Wildman–Crippen MR) is 115 cm³/mol. The highest BCUT2D eigenvalue weighted by atomic mass is 35.5. The maximum absolute atomic E-state index is 12.3. The van der Waals surface area contributed by atoms with E-state index in [1.807, 2.05) is 30.3 Å². The highest BCUT2D eigenvalue weighted by Crippen LogP contribution is 2.17. The molecule has 0 fully saturated rings. The lowest BCUT2D eigenvalue weighted by molar-refractivity contribution is -0.132. The number of nitrogens with one attached hydrogen (secondary N) is 1. The Morgan fingerprint density at radius 3 is 2.48 bits per heavy atom. The van der Waals surface area contributed by atoms with Gasteiger partial charge in [0, 0.05) is 31.5 Å². The van der Waals surface area contributed by atoms with E-state index in [0.717, 1.165) is 17.7 Å². The monoisotopic (exact) mass is 416 g/mol. The minimum atomic E-state index is -0.213. The molecule has 0 radical (unpaired) electrons. The third-order valence-corrected chi connectivity index (χ3v) is 4.29. The van der Waals surface area contributed by atoms with E-state index in [-0.39, 0.29) is 37.1 Å². The Kier molecular flexibility index (Phi) is 8.64. The number of benzene rings is 2. The van der Waals surface area contributed by atoms with Gasteiger partial charge in [-0.2, -0.15) is 5.10 Å². The van der Waals surface area contributed by atoms with Crippen molar-refractivity contribution in [3.05, 3.63) is 60.2 Å². The summed E-state index contributed by atoms with van der Waals surface area (Å²) in [5, 5.41) is 8.64. The quantitative estimate of drug-likeness (QED) is 0.691. The zero-order chi connectivity index (χ0) is 19.8. The number of carbonyl (C=O) groups excluding carboxylic acids is 2. The molecule has 29 heavy (non-hydrogen) atoms. The van der Waals surface area contributed by atoms with Crippen LogP contribution in [0.3, 0.4) is 0 Å². The molecular weight excluding hydrogens is 392 g/mol. The Hall–Kier alpha value is -2.90. The number of amides is 2. The molecule has 2 aromatic rings. The zero-order valence-corrected chi connectivity index (χ0v) is 16.9. The van der Waals surface area contributed by atoms with Crippen LogP contribution in [0.1, 0.15) is 24.8 Å². The highest BCUT2D eigenvalue weighted by molar-refractivity contribution is 6.02. The van der Waals surface area contributed by atoms with E-state index in [9.17, 15) is 9.59 Å². The third-order valence-electron chi connectivity index (χ3n) is 4.29. The Balaban J connectivity index is 0.00000300. The molecule has 2 amide bonds. The van der Waals surface area contributed by atoms with Crippen molar-refractivity contribution in [1.29, 1.82) is 0 Å².